The molecule has 0 bridgehead atoms. The summed E-state index contributed by atoms with van der Waals surface area (Å²) in [4.78, 5) is 0. The molecule has 0 aromatic rings. The number of hydrogen-bond donors (Lipinski definition) is 0. The minimum absolute atomic E-state index is 0.349. The van der Waals surface area contributed by atoms with Crippen molar-refractivity contribution < 1.29 is 9.47 Å². The molecule has 1 saturated heterocycles. The third kappa shape index (κ3) is 5.74. The van der Waals surface area contributed by atoms with Gasteiger partial charge >= 0.3 is 0 Å². The van der Waals surface area contributed by atoms with Gasteiger partial charge in [0.15, 0.2) is 0 Å². The molecule has 0 spiro atoms. The van der Waals surface area contributed by atoms with Crippen LogP contribution >= 0.6 is 11.6 Å². The summed E-state index contributed by atoms with van der Waals surface area (Å²) in [5.41, 5.74) is 0. The number of alkyl halides is 1. The normalized spacial score (nSPS) is 31.8. The molecule has 15 heavy (non-hydrogen) atoms. The lowest BCUT2D eigenvalue weighted by Gasteiger charge is -2.32. The predicted molar refractivity (Wildman–Crippen MR) is 63.6 cm³/mol. The molecule has 0 saturated carbocycles. The van der Waals surface area contributed by atoms with Crippen LogP contribution in [0.2, 0.25) is 0 Å². The van der Waals surface area contributed by atoms with E-state index < -0.39 is 0 Å². The molecule has 1 aliphatic heterocycles. The average molecular weight is 235 g/mol. The summed E-state index contributed by atoms with van der Waals surface area (Å²) in [6.07, 6.45) is 6.60. The fraction of sp³-hybridized carbons (Fsp3) is 1.00. The number of ether oxygens (including phenoxy) is 2. The van der Waals surface area contributed by atoms with Crippen molar-refractivity contribution in [2.24, 2.45) is 0 Å². The van der Waals surface area contributed by atoms with Crippen LogP contribution in [0.25, 0.3) is 0 Å². The van der Waals surface area contributed by atoms with Crippen molar-refractivity contribution in [3.63, 3.8) is 0 Å². The molecule has 0 aromatic heterocycles. The Morgan fingerprint density at radius 1 is 1.13 bits per heavy atom. The van der Waals surface area contributed by atoms with Gasteiger partial charge in [0, 0.05) is 12.5 Å². The first kappa shape index (κ1) is 13.3. The molecule has 0 N–H and O–H groups in total. The molecule has 90 valence electrons. The summed E-state index contributed by atoms with van der Waals surface area (Å²) >= 11 is 5.61. The van der Waals surface area contributed by atoms with Crippen LogP contribution in [0.5, 0.6) is 0 Å². The molecule has 1 fully saturated rings. The van der Waals surface area contributed by atoms with Gasteiger partial charge in [-0.25, -0.2) is 0 Å². The van der Waals surface area contributed by atoms with Crippen LogP contribution in [0.15, 0.2) is 0 Å². The number of halogens is 1. The van der Waals surface area contributed by atoms with Crippen LogP contribution < -0.4 is 0 Å². The van der Waals surface area contributed by atoms with E-state index in [1.165, 1.54) is 6.42 Å². The zero-order valence-corrected chi connectivity index (χ0v) is 10.6. The van der Waals surface area contributed by atoms with Gasteiger partial charge in [-0.05, 0) is 46.0 Å². The lowest BCUT2D eigenvalue weighted by molar-refractivity contribution is -0.102. The van der Waals surface area contributed by atoms with Crippen LogP contribution in [0.1, 0.15) is 46.0 Å². The first-order chi connectivity index (χ1) is 7.22. The Labute approximate surface area is 98.3 Å². The minimum Gasteiger partial charge on any atom is -0.378 e. The second kappa shape index (κ2) is 7.48. The maximum Gasteiger partial charge on any atom is 0.0624 e. The molecule has 2 unspecified atom stereocenters. The second-order valence-electron chi connectivity index (χ2n) is 4.47. The molecule has 2 nitrogen and oxygen atoms in total. The average Bonchev–Trinajstić information content (AvgIpc) is 2.16. The highest BCUT2D eigenvalue weighted by atomic mass is 35.5. The van der Waals surface area contributed by atoms with Crippen molar-refractivity contribution >= 4 is 11.6 Å². The highest BCUT2D eigenvalue weighted by Crippen LogP contribution is 2.21. The van der Waals surface area contributed by atoms with Crippen LogP contribution in [0, 0.1) is 0 Å². The largest absolute Gasteiger partial charge is 0.378 e. The summed E-state index contributed by atoms with van der Waals surface area (Å²) in [5, 5.41) is 0. The Kier molecular flexibility index (Phi) is 6.62. The maximum atomic E-state index is 5.85. The lowest BCUT2D eigenvalue weighted by atomic mass is 10.0. The maximum absolute atomic E-state index is 5.85. The molecule has 0 aromatic carbocycles. The fourth-order valence-electron chi connectivity index (χ4n) is 2.10. The van der Waals surface area contributed by atoms with Crippen molar-refractivity contribution in [3.05, 3.63) is 0 Å². The molecule has 1 heterocycles. The SMILES string of the molecule is CC1CC(OCCCCCCl)CC(C)O1. The van der Waals surface area contributed by atoms with Crippen LogP contribution in [0.4, 0.5) is 0 Å². The summed E-state index contributed by atoms with van der Waals surface area (Å²) in [5.74, 6) is 0.769. The molecule has 1 rings (SSSR count). The van der Waals surface area contributed by atoms with E-state index in [2.05, 4.69) is 13.8 Å². The van der Waals surface area contributed by atoms with Crippen LogP contribution in [0.3, 0.4) is 0 Å². The van der Waals surface area contributed by atoms with Gasteiger partial charge < -0.3 is 9.47 Å². The summed E-state index contributed by atoms with van der Waals surface area (Å²) in [6, 6.07) is 0. The van der Waals surface area contributed by atoms with Gasteiger partial charge in [0.25, 0.3) is 0 Å². The number of rotatable bonds is 6. The van der Waals surface area contributed by atoms with Crippen LogP contribution in [-0.4, -0.2) is 30.8 Å². The van der Waals surface area contributed by atoms with E-state index in [9.17, 15) is 0 Å². The summed E-state index contributed by atoms with van der Waals surface area (Å²) in [6.45, 7) is 5.13. The van der Waals surface area contributed by atoms with E-state index in [0.717, 1.165) is 38.2 Å². The van der Waals surface area contributed by atoms with E-state index in [0.29, 0.717) is 18.3 Å². The van der Waals surface area contributed by atoms with Gasteiger partial charge in [-0.1, -0.05) is 0 Å². The Morgan fingerprint density at radius 2 is 1.80 bits per heavy atom. The predicted octanol–water partition coefficient (Wildman–Crippen LogP) is 3.37. The molecule has 0 amide bonds. The van der Waals surface area contributed by atoms with Crippen molar-refractivity contribution in [2.45, 2.75) is 64.3 Å². The van der Waals surface area contributed by atoms with Crippen molar-refractivity contribution in [1.82, 2.24) is 0 Å². The summed E-state index contributed by atoms with van der Waals surface area (Å²) < 4.78 is 11.5. The molecule has 2 atom stereocenters. The third-order valence-electron chi connectivity index (χ3n) is 2.79. The highest BCUT2D eigenvalue weighted by molar-refractivity contribution is 6.17. The molecule has 3 heteroatoms. The number of hydrogen-bond acceptors (Lipinski definition) is 2. The molecular weight excluding hydrogens is 212 g/mol. The smallest absolute Gasteiger partial charge is 0.0624 e. The Balaban J connectivity index is 2.04. The zero-order chi connectivity index (χ0) is 11.1. The minimum atomic E-state index is 0.349. The summed E-state index contributed by atoms with van der Waals surface area (Å²) in [7, 11) is 0. The standard InChI is InChI=1S/C12H23ClO2/c1-10-8-12(9-11(2)15-10)14-7-5-3-4-6-13/h10-12H,3-9H2,1-2H3. The van der Waals surface area contributed by atoms with E-state index in [-0.39, 0.29) is 0 Å². The van der Waals surface area contributed by atoms with Gasteiger partial charge in [-0.15, -0.1) is 11.6 Å². The van der Waals surface area contributed by atoms with Gasteiger partial charge in [0.2, 0.25) is 0 Å². The molecule has 1 aliphatic rings. The molecular formula is C12H23ClO2. The van der Waals surface area contributed by atoms with E-state index in [4.69, 9.17) is 21.1 Å². The monoisotopic (exact) mass is 234 g/mol. The van der Waals surface area contributed by atoms with Crippen LogP contribution in [-0.2, 0) is 9.47 Å². The fourth-order valence-corrected chi connectivity index (χ4v) is 2.29. The van der Waals surface area contributed by atoms with Gasteiger partial charge in [-0.3, -0.25) is 0 Å². The zero-order valence-electron chi connectivity index (χ0n) is 9.88. The van der Waals surface area contributed by atoms with Crippen molar-refractivity contribution in [2.75, 3.05) is 12.5 Å². The Bertz CT molecular complexity index is 154. The lowest BCUT2D eigenvalue weighted by Crippen LogP contribution is -2.34. The third-order valence-corrected chi connectivity index (χ3v) is 3.05. The van der Waals surface area contributed by atoms with Crippen molar-refractivity contribution in [1.29, 1.82) is 0 Å². The first-order valence-electron chi connectivity index (χ1n) is 6.05. The van der Waals surface area contributed by atoms with Crippen molar-refractivity contribution in [3.8, 4) is 0 Å². The van der Waals surface area contributed by atoms with E-state index in [1.54, 1.807) is 0 Å². The Hall–Kier alpha value is 0.210. The molecule has 0 aliphatic carbocycles. The first-order valence-corrected chi connectivity index (χ1v) is 6.59. The quantitative estimate of drug-likeness (QED) is 0.518. The highest BCUT2D eigenvalue weighted by Gasteiger charge is 2.24. The van der Waals surface area contributed by atoms with Gasteiger partial charge in [0.05, 0.1) is 18.3 Å². The van der Waals surface area contributed by atoms with Gasteiger partial charge in [0.1, 0.15) is 0 Å². The van der Waals surface area contributed by atoms with Gasteiger partial charge in [-0.2, -0.15) is 0 Å². The topological polar surface area (TPSA) is 18.5 Å². The second-order valence-corrected chi connectivity index (χ2v) is 4.85. The molecule has 0 radical (unpaired) electrons. The Morgan fingerprint density at radius 3 is 2.40 bits per heavy atom. The van der Waals surface area contributed by atoms with E-state index in [1.807, 2.05) is 0 Å². The van der Waals surface area contributed by atoms with E-state index >= 15 is 0 Å². The number of unbranched alkanes of at least 4 members (excludes halogenated alkanes) is 2.